The van der Waals surface area contributed by atoms with E-state index in [9.17, 15) is 0 Å². The Balaban J connectivity index is 2.97. The molecule has 0 aromatic heterocycles. The second-order valence-corrected chi connectivity index (χ2v) is 5.13. The Kier molecular flexibility index (Phi) is 4.41. The lowest BCUT2D eigenvalue weighted by Crippen LogP contribution is -2.13. The highest BCUT2D eigenvalue weighted by atomic mass is 32.1. The van der Waals surface area contributed by atoms with E-state index in [0.717, 1.165) is 16.2 Å². The van der Waals surface area contributed by atoms with Crippen LogP contribution in [0.25, 0.3) is 0 Å². The van der Waals surface area contributed by atoms with E-state index >= 15 is 0 Å². The molecule has 1 unspecified atom stereocenters. The molecule has 15 heavy (non-hydrogen) atoms. The average molecular weight is 236 g/mol. The van der Waals surface area contributed by atoms with Gasteiger partial charge in [0.2, 0.25) is 0 Å². The third-order valence-electron chi connectivity index (χ3n) is 2.88. The first kappa shape index (κ1) is 12.8. The lowest BCUT2D eigenvalue weighted by molar-refractivity contribution is 0.707. The Morgan fingerprint density at radius 1 is 1.53 bits per heavy atom. The first-order valence-electron chi connectivity index (χ1n) is 5.09. The molecule has 0 aliphatic rings. The average Bonchev–Trinajstić information content (AvgIpc) is 2.18. The van der Waals surface area contributed by atoms with Gasteiger partial charge < -0.3 is 0 Å². The fourth-order valence-electron chi connectivity index (χ4n) is 1.47. The molecule has 0 aliphatic carbocycles. The predicted molar refractivity (Wildman–Crippen MR) is 77.6 cm³/mol. The summed E-state index contributed by atoms with van der Waals surface area (Å²) in [5.74, 6) is 0.390. The number of benzene rings is 1. The first-order chi connectivity index (χ1) is 6.93. The van der Waals surface area contributed by atoms with E-state index < -0.39 is 0 Å². The van der Waals surface area contributed by atoms with Crippen molar-refractivity contribution in [3.8, 4) is 0 Å². The zero-order valence-electron chi connectivity index (χ0n) is 9.54. The maximum absolute atomic E-state index is 4.57. The van der Waals surface area contributed by atoms with Crippen LogP contribution in [-0.4, -0.2) is 7.85 Å². The highest BCUT2D eigenvalue weighted by Gasteiger charge is 2.09. The standard InChI is InChI=1S/C12H17BS2/c1-7-4-5-10(12(15)11(7)13)6-8(2)9(3)14/h4-5,8,14-15H,3,6,13H2,1-2H3. The third-order valence-corrected chi connectivity index (χ3v) is 3.94. The molecule has 3 heteroatoms. The minimum Gasteiger partial charge on any atom is -0.148 e. The van der Waals surface area contributed by atoms with Crippen molar-refractivity contribution < 1.29 is 0 Å². The van der Waals surface area contributed by atoms with Crippen molar-refractivity contribution in [2.45, 2.75) is 25.2 Å². The van der Waals surface area contributed by atoms with Gasteiger partial charge in [-0.1, -0.05) is 36.7 Å². The fourth-order valence-corrected chi connectivity index (χ4v) is 1.90. The molecule has 0 amide bonds. The van der Waals surface area contributed by atoms with Crippen LogP contribution in [0.15, 0.2) is 28.5 Å². The molecule has 0 N–H and O–H groups in total. The van der Waals surface area contributed by atoms with Gasteiger partial charge in [0.25, 0.3) is 0 Å². The molecule has 80 valence electrons. The molecule has 1 rings (SSSR count). The first-order valence-corrected chi connectivity index (χ1v) is 5.98. The number of thiol groups is 2. The lowest BCUT2D eigenvalue weighted by Gasteiger charge is -2.14. The summed E-state index contributed by atoms with van der Waals surface area (Å²) in [5, 5.41) is 0. The number of allylic oxidation sites excluding steroid dienone is 1. The molecule has 1 aromatic carbocycles. The van der Waals surface area contributed by atoms with E-state index in [1.807, 2.05) is 0 Å². The molecular formula is C12H17BS2. The maximum Gasteiger partial charge on any atom is 0.141 e. The van der Waals surface area contributed by atoms with Gasteiger partial charge in [0.05, 0.1) is 0 Å². The van der Waals surface area contributed by atoms with E-state index in [-0.39, 0.29) is 0 Å². The van der Waals surface area contributed by atoms with Gasteiger partial charge in [-0.25, -0.2) is 0 Å². The summed E-state index contributed by atoms with van der Waals surface area (Å²) in [6.45, 7) is 8.11. The summed E-state index contributed by atoms with van der Waals surface area (Å²) >= 11 is 8.85. The molecule has 0 spiro atoms. The Labute approximate surface area is 104 Å². The quantitative estimate of drug-likeness (QED) is 0.583. The van der Waals surface area contributed by atoms with E-state index in [4.69, 9.17) is 0 Å². The molecule has 1 aromatic rings. The summed E-state index contributed by atoms with van der Waals surface area (Å²) in [6, 6.07) is 4.30. The molecule has 0 saturated carbocycles. The molecule has 0 aliphatic heterocycles. The molecule has 0 fully saturated rings. The molecule has 0 bridgehead atoms. The fraction of sp³-hybridized carbons (Fsp3) is 0.333. The zero-order valence-corrected chi connectivity index (χ0v) is 11.3. The van der Waals surface area contributed by atoms with Crippen molar-refractivity contribution in [1.29, 1.82) is 0 Å². The molecule has 0 radical (unpaired) electrons. The molecule has 0 nitrogen and oxygen atoms in total. The summed E-state index contributed by atoms with van der Waals surface area (Å²) in [4.78, 5) is 2.04. The Morgan fingerprint density at radius 2 is 2.13 bits per heavy atom. The van der Waals surface area contributed by atoms with Gasteiger partial charge in [-0.05, 0) is 29.7 Å². The number of hydrogen-bond donors (Lipinski definition) is 2. The molecule has 0 heterocycles. The minimum atomic E-state index is 0.390. The largest absolute Gasteiger partial charge is 0.148 e. The lowest BCUT2D eigenvalue weighted by atomic mass is 9.87. The smallest absolute Gasteiger partial charge is 0.141 e. The normalized spacial score (nSPS) is 12.5. The van der Waals surface area contributed by atoms with Gasteiger partial charge in [0, 0.05) is 4.90 Å². The second-order valence-electron chi connectivity index (χ2n) is 4.11. The highest BCUT2D eigenvalue weighted by molar-refractivity contribution is 7.84. The summed E-state index contributed by atoms with van der Waals surface area (Å²) in [7, 11) is 2.11. The summed E-state index contributed by atoms with van der Waals surface area (Å²) < 4.78 is 0. The van der Waals surface area contributed by atoms with Crippen molar-refractivity contribution in [2.75, 3.05) is 0 Å². The SMILES string of the molecule is Bc1c(C)ccc(CC(C)C(=C)S)c1S. The Bertz CT molecular complexity index is 385. The Hall–Kier alpha value is -0.275. The van der Waals surface area contributed by atoms with Gasteiger partial charge in [-0.3, -0.25) is 0 Å². The topological polar surface area (TPSA) is 0 Å². The monoisotopic (exact) mass is 236 g/mol. The Morgan fingerprint density at radius 3 is 2.67 bits per heavy atom. The number of hydrogen-bond acceptors (Lipinski definition) is 2. The van der Waals surface area contributed by atoms with Gasteiger partial charge in [0.1, 0.15) is 7.85 Å². The van der Waals surface area contributed by atoms with Crippen LogP contribution in [0.2, 0.25) is 0 Å². The van der Waals surface area contributed by atoms with Gasteiger partial charge in [-0.2, -0.15) is 0 Å². The maximum atomic E-state index is 4.57. The van der Waals surface area contributed by atoms with Crippen LogP contribution in [0.3, 0.4) is 0 Å². The van der Waals surface area contributed by atoms with E-state index in [2.05, 4.69) is 65.7 Å². The number of rotatable bonds is 3. The van der Waals surface area contributed by atoms with Crippen molar-refractivity contribution in [3.05, 3.63) is 34.7 Å². The zero-order chi connectivity index (χ0) is 11.6. The van der Waals surface area contributed by atoms with Crippen LogP contribution < -0.4 is 5.46 Å². The van der Waals surface area contributed by atoms with E-state index in [0.29, 0.717) is 5.92 Å². The highest BCUT2D eigenvalue weighted by Crippen LogP contribution is 2.21. The van der Waals surface area contributed by atoms with Crippen LogP contribution in [0.4, 0.5) is 0 Å². The molecule has 1 atom stereocenters. The molecular weight excluding hydrogens is 219 g/mol. The predicted octanol–water partition coefficient (Wildman–Crippen LogP) is 2.16. The van der Waals surface area contributed by atoms with E-state index in [1.165, 1.54) is 16.6 Å². The van der Waals surface area contributed by atoms with Crippen LogP contribution in [0.1, 0.15) is 18.1 Å². The summed E-state index contributed by atoms with van der Waals surface area (Å²) in [5.41, 5.74) is 3.85. The molecule has 0 saturated heterocycles. The van der Waals surface area contributed by atoms with Crippen LogP contribution in [0.5, 0.6) is 0 Å². The minimum absolute atomic E-state index is 0.390. The second kappa shape index (κ2) is 5.17. The van der Waals surface area contributed by atoms with Crippen molar-refractivity contribution >= 4 is 38.6 Å². The van der Waals surface area contributed by atoms with Crippen molar-refractivity contribution in [3.63, 3.8) is 0 Å². The van der Waals surface area contributed by atoms with Gasteiger partial charge in [-0.15, -0.1) is 25.3 Å². The van der Waals surface area contributed by atoms with Gasteiger partial charge >= 0.3 is 0 Å². The van der Waals surface area contributed by atoms with Crippen LogP contribution in [-0.2, 0) is 6.42 Å². The third kappa shape index (κ3) is 3.09. The van der Waals surface area contributed by atoms with Crippen molar-refractivity contribution in [1.82, 2.24) is 0 Å². The van der Waals surface area contributed by atoms with Crippen LogP contribution in [0, 0.1) is 12.8 Å². The van der Waals surface area contributed by atoms with E-state index in [1.54, 1.807) is 0 Å². The number of aryl methyl sites for hydroxylation is 1. The van der Waals surface area contributed by atoms with Gasteiger partial charge in [0.15, 0.2) is 0 Å². The summed E-state index contributed by atoms with van der Waals surface area (Å²) in [6.07, 6.45) is 0.961. The van der Waals surface area contributed by atoms with Crippen LogP contribution >= 0.6 is 25.3 Å². The van der Waals surface area contributed by atoms with Crippen molar-refractivity contribution in [2.24, 2.45) is 5.92 Å².